The molecule has 6 heteroatoms. The molecule has 0 saturated carbocycles. The number of hydrogen-bond donors (Lipinski definition) is 1. The van der Waals surface area contributed by atoms with Gasteiger partial charge in [0, 0.05) is 6.61 Å². The molecule has 0 aromatic heterocycles. The predicted octanol–water partition coefficient (Wildman–Crippen LogP) is -0.325. The largest absolute Gasteiger partial charge is 0.377 e. The highest BCUT2D eigenvalue weighted by Gasteiger charge is 2.41. The molecule has 0 bridgehead atoms. The Labute approximate surface area is 106 Å². The van der Waals surface area contributed by atoms with E-state index in [1.807, 2.05) is 6.92 Å². The van der Waals surface area contributed by atoms with Crippen molar-refractivity contribution in [2.45, 2.75) is 38.8 Å². The Morgan fingerprint density at radius 2 is 2.22 bits per heavy atom. The topological polar surface area (TPSA) is 75.7 Å². The Hall–Kier alpha value is -1.43. The number of ether oxygens (including phenoxy) is 1. The fourth-order valence-corrected chi connectivity index (χ4v) is 2.53. The first-order valence-corrected chi connectivity index (χ1v) is 6.30. The van der Waals surface area contributed by atoms with Crippen LogP contribution >= 0.6 is 0 Å². The summed E-state index contributed by atoms with van der Waals surface area (Å²) in [5.74, 6) is -1.20. The molecule has 2 rings (SSSR count). The smallest absolute Gasteiger partial charge is 0.249 e. The molecular formula is C12H18N2O4. The first-order valence-electron chi connectivity index (χ1n) is 6.30. The zero-order valence-electron chi connectivity index (χ0n) is 10.6. The lowest BCUT2D eigenvalue weighted by molar-refractivity contribution is -0.152. The van der Waals surface area contributed by atoms with Crippen LogP contribution in [-0.2, 0) is 19.1 Å². The van der Waals surface area contributed by atoms with Crippen molar-refractivity contribution in [2.24, 2.45) is 5.92 Å². The van der Waals surface area contributed by atoms with Gasteiger partial charge in [-0.15, -0.1) is 0 Å². The number of hydrogen-bond acceptors (Lipinski definition) is 4. The fourth-order valence-electron chi connectivity index (χ4n) is 2.53. The Balaban J connectivity index is 2.12. The van der Waals surface area contributed by atoms with Crippen LogP contribution in [0.5, 0.6) is 0 Å². The van der Waals surface area contributed by atoms with E-state index in [4.69, 9.17) is 4.74 Å². The third kappa shape index (κ3) is 2.25. The quantitative estimate of drug-likeness (QED) is 0.685. The predicted molar refractivity (Wildman–Crippen MR) is 62.5 cm³/mol. The molecule has 3 atom stereocenters. The molecule has 6 nitrogen and oxygen atoms in total. The number of carbonyl (C=O) groups excluding carboxylic acids is 3. The number of carbonyl (C=O) groups is 3. The molecule has 0 aliphatic carbocycles. The molecular weight excluding hydrogens is 236 g/mol. The van der Waals surface area contributed by atoms with Gasteiger partial charge in [-0.3, -0.25) is 19.7 Å². The summed E-state index contributed by atoms with van der Waals surface area (Å²) in [6, 6.07) is -0.590. The van der Waals surface area contributed by atoms with Crippen molar-refractivity contribution >= 4 is 17.7 Å². The maximum atomic E-state index is 12.4. The Morgan fingerprint density at radius 3 is 2.89 bits per heavy atom. The molecule has 2 aliphatic rings. The lowest BCUT2D eigenvalue weighted by Crippen LogP contribution is -2.60. The van der Waals surface area contributed by atoms with Crippen LogP contribution in [0.25, 0.3) is 0 Å². The van der Waals surface area contributed by atoms with Gasteiger partial charge in [0.1, 0.15) is 12.6 Å². The van der Waals surface area contributed by atoms with Crippen LogP contribution in [0, 0.1) is 5.92 Å². The van der Waals surface area contributed by atoms with Gasteiger partial charge in [-0.1, -0.05) is 6.92 Å². The van der Waals surface area contributed by atoms with E-state index in [-0.39, 0.29) is 24.5 Å². The maximum Gasteiger partial charge on any atom is 0.249 e. The normalized spacial score (nSPS) is 32.6. The first kappa shape index (κ1) is 13.0. The summed E-state index contributed by atoms with van der Waals surface area (Å²) in [6.07, 6.45) is 1.33. The van der Waals surface area contributed by atoms with Crippen molar-refractivity contribution in [1.29, 1.82) is 0 Å². The lowest BCUT2D eigenvalue weighted by atomic mass is 9.96. The molecule has 3 amide bonds. The summed E-state index contributed by atoms with van der Waals surface area (Å²) in [4.78, 5) is 36.6. The highest BCUT2D eigenvalue weighted by molar-refractivity contribution is 6.04. The second kappa shape index (κ2) is 5.06. The number of nitrogens with zero attached hydrogens (tertiary/aromatic N) is 1. The standard InChI is InChI=1S/C12H18N2O4/c1-3-9-8(4-5-18-9)12(17)14-6-10(15)13-11(16)7(14)2/h7-9H,3-6H2,1-2H3,(H,13,15,16). The zero-order valence-corrected chi connectivity index (χ0v) is 10.6. The highest BCUT2D eigenvalue weighted by atomic mass is 16.5. The maximum absolute atomic E-state index is 12.4. The second-order valence-corrected chi connectivity index (χ2v) is 4.77. The van der Waals surface area contributed by atoms with Gasteiger partial charge in [-0.25, -0.2) is 0 Å². The van der Waals surface area contributed by atoms with Crippen LogP contribution in [0.15, 0.2) is 0 Å². The average molecular weight is 254 g/mol. The minimum atomic E-state index is -0.590. The number of imide groups is 1. The summed E-state index contributed by atoms with van der Waals surface area (Å²) in [5.41, 5.74) is 0. The van der Waals surface area contributed by atoms with E-state index in [9.17, 15) is 14.4 Å². The molecule has 2 heterocycles. The summed E-state index contributed by atoms with van der Waals surface area (Å²) in [7, 11) is 0. The van der Waals surface area contributed by atoms with Crippen molar-refractivity contribution in [1.82, 2.24) is 10.2 Å². The van der Waals surface area contributed by atoms with Gasteiger partial charge in [0.25, 0.3) is 0 Å². The Bertz CT molecular complexity index is 382. The highest BCUT2D eigenvalue weighted by Crippen LogP contribution is 2.26. The van der Waals surface area contributed by atoms with E-state index < -0.39 is 17.9 Å². The van der Waals surface area contributed by atoms with Gasteiger partial charge in [-0.2, -0.15) is 0 Å². The molecule has 0 radical (unpaired) electrons. The van der Waals surface area contributed by atoms with Crippen molar-refractivity contribution in [3.05, 3.63) is 0 Å². The minimum Gasteiger partial charge on any atom is -0.377 e. The third-order valence-electron chi connectivity index (χ3n) is 3.64. The second-order valence-electron chi connectivity index (χ2n) is 4.77. The van der Waals surface area contributed by atoms with Crippen molar-refractivity contribution in [2.75, 3.05) is 13.2 Å². The van der Waals surface area contributed by atoms with E-state index >= 15 is 0 Å². The van der Waals surface area contributed by atoms with Crippen LogP contribution in [0.3, 0.4) is 0 Å². The van der Waals surface area contributed by atoms with Crippen LogP contribution < -0.4 is 5.32 Å². The average Bonchev–Trinajstić information content (AvgIpc) is 2.81. The van der Waals surface area contributed by atoms with E-state index in [0.717, 1.165) is 6.42 Å². The molecule has 100 valence electrons. The zero-order chi connectivity index (χ0) is 13.3. The van der Waals surface area contributed by atoms with Crippen molar-refractivity contribution in [3.8, 4) is 0 Å². The van der Waals surface area contributed by atoms with E-state index in [0.29, 0.717) is 13.0 Å². The molecule has 1 N–H and O–H groups in total. The molecule has 2 aliphatic heterocycles. The third-order valence-corrected chi connectivity index (χ3v) is 3.64. The summed E-state index contributed by atoms with van der Waals surface area (Å²) >= 11 is 0. The lowest BCUT2D eigenvalue weighted by Gasteiger charge is -2.34. The minimum absolute atomic E-state index is 0.0430. The van der Waals surface area contributed by atoms with Crippen LogP contribution in [0.2, 0.25) is 0 Å². The summed E-state index contributed by atoms with van der Waals surface area (Å²) in [6.45, 7) is 4.13. The molecule has 2 fully saturated rings. The van der Waals surface area contributed by atoms with E-state index in [1.54, 1.807) is 6.92 Å². The van der Waals surface area contributed by atoms with E-state index in [1.165, 1.54) is 4.90 Å². The van der Waals surface area contributed by atoms with Crippen LogP contribution in [-0.4, -0.2) is 47.9 Å². The van der Waals surface area contributed by atoms with Gasteiger partial charge in [0.15, 0.2) is 0 Å². The SMILES string of the molecule is CCC1OCCC1C(=O)N1CC(=O)NC(=O)C1C. The van der Waals surface area contributed by atoms with Gasteiger partial charge >= 0.3 is 0 Å². The van der Waals surface area contributed by atoms with Crippen molar-refractivity contribution < 1.29 is 19.1 Å². The van der Waals surface area contributed by atoms with Crippen LogP contribution in [0.4, 0.5) is 0 Å². The number of nitrogens with one attached hydrogen (secondary N) is 1. The molecule has 0 spiro atoms. The molecule has 3 unspecified atom stereocenters. The number of rotatable bonds is 2. The fraction of sp³-hybridized carbons (Fsp3) is 0.750. The molecule has 2 saturated heterocycles. The summed E-state index contributed by atoms with van der Waals surface area (Å²) < 4.78 is 5.48. The number of piperazine rings is 1. The monoisotopic (exact) mass is 254 g/mol. The molecule has 0 aromatic carbocycles. The van der Waals surface area contributed by atoms with Gasteiger partial charge in [-0.05, 0) is 19.8 Å². The molecule has 0 aromatic rings. The van der Waals surface area contributed by atoms with Gasteiger partial charge < -0.3 is 9.64 Å². The summed E-state index contributed by atoms with van der Waals surface area (Å²) in [5, 5.41) is 2.23. The van der Waals surface area contributed by atoms with Crippen molar-refractivity contribution in [3.63, 3.8) is 0 Å². The first-order chi connectivity index (χ1) is 8.54. The van der Waals surface area contributed by atoms with E-state index in [2.05, 4.69) is 5.32 Å². The Morgan fingerprint density at radius 1 is 1.50 bits per heavy atom. The van der Waals surface area contributed by atoms with Gasteiger partial charge in [0.05, 0.1) is 12.0 Å². The Kier molecular flexibility index (Phi) is 3.65. The van der Waals surface area contributed by atoms with Crippen LogP contribution in [0.1, 0.15) is 26.7 Å². The van der Waals surface area contributed by atoms with Gasteiger partial charge in [0.2, 0.25) is 17.7 Å². The number of amides is 3. The molecule has 18 heavy (non-hydrogen) atoms.